The molecule has 0 amide bonds. The molecule has 2 N–H and O–H groups in total. The third kappa shape index (κ3) is 2.57. The van der Waals surface area contributed by atoms with Crippen molar-refractivity contribution in [3.8, 4) is 17.2 Å². The van der Waals surface area contributed by atoms with Gasteiger partial charge >= 0.3 is 0 Å². The number of phenolic OH excluding ortho intramolecular Hbond substituents is 2. The zero-order valence-corrected chi connectivity index (χ0v) is 12.0. The van der Waals surface area contributed by atoms with Crippen LogP contribution in [0.2, 0.25) is 0 Å². The highest BCUT2D eigenvalue weighted by molar-refractivity contribution is 5.86. The molecule has 0 fully saturated rings. The molecule has 0 saturated heterocycles. The van der Waals surface area contributed by atoms with Gasteiger partial charge in [-0.2, -0.15) is 0 Å². The average molecular weight is 283 g/mol. The number of ether oxygens (including phenoxy) is 1. The van der Waals surface area contributed by atoms with Crippen LogP contribution in [0.1, 0.15) is 25.0 Å². The molecule has 4 heteroatoms. The quantitative estimate of drug-likeness (QED) is 0.828. The van der Waals surface area contributed by atoms with Crippen molar-refractivity contribution in [2.24, 2.45) is 4.99 Å². The van der Waals surface area contributed by atoms with Crippen LogP contribution in [-0.4, -0.2) is 22.0 Å². The fraction of sp³-hybridized carbons (Fsp3) is 0.235. The summed E-state index contributed by atoms with van der Waals surface area (Å²) in [7, 11) is 0. The van der Waals surface area contributed by atoms with E-state index >= 15 is 0 Å². The Labute approximate surface area is 123 Å². The van der Waals surface area contributed by atoms with E-state index in [-0.39, 0.29) is 17.1 Å². The van der Waals surface area contributed by atoms with Gasteiger partial charge in [0, 0.05) is 23.8 Å². The SMILES string of the molecule is CC1(C)Cc2c(/N=C/c3ccccc3O)ccc(O)c2O1. The second kappa shape index (κ2) is 4.81. The van der Waals surface area contributed by atoms with Gasteiger partial charge in [0.2, 0.25) is 0 Å². The second-order valence-corrected chi connectivity index (χ2v) is 5.77. The highest BCUT2D eigenvalue weighted by Gasteiger charge is 2.33. The molecule has 1 aliphatic heterocycles. The molecule has 0 saturated carbocycles. The summed E-state index contributed by atoms with van der Waals surface area (Å²) in [6.07, 6.45) is 2.30. The van der Waals surface area contributed by atoms with E-state index in [1.165, 1.54) is 0 Å². The first-order valence-corrected chi connectivity index (χ1v) is 6.82. The van der Waals surface area contributed by atoms with E-state index in [9.17, 15) is 10.2 Å². The summed E-state index contributed by atoms with van der Waals surface area (Å²) in [4.78, 5) is 4.44. The van der Waals surface area contributed by atoms with Crippen LogP contribution < -0.4 is 4.74 Å². The Balaban J connectivity index is 1.99. The van der Waals surface area contributed by atoms with Gasteiger partial charge in [-0.3, -0.25) is 4.99 Å². The van der Waals surface area contributed by atoms with Crippen molar-refractivity contribution in [3.05, 3.63) is 47.5 Å². The number of hydrogen-bond acceptors (Lipinski definition) is 4. The molecule has 0 atom stereocenters. The van der Waals surface area contributed by atoms with E-state index in [0.29, 0.717) is 17.7 Å². The number of rotatable bonds is 2. The monoisotopic (exact) mass is 283 g/mol. The lowest BCUT2D eigenvalue weighted by atomic mass is 10.00. The Kier molecular flexibility index (Phi) is 3.09. The van der Waals surface area contributed by atoms with Crippen molar-refractivity contribution in [3.63, 3.8) is 0 Å². The van der Waals surface area contributed by atoms with E-state index in [0.717, 1.165) is 11.3 Å². The van der Waals surface area contributed by atoms with Gasteiger partial charge in [-0.1, -0.05) is 12.1 Å². The molecule has 0 bridgehead atoms. The third-order valence-corrected chi connectivity index (χ3v) is 3.48. The number of aliphatic imine (C=N–C) groups is 1. The Morgan fingerprint density at radius 1 is 1.10 bits per heavy atom. The zero-order valence-electron chi connectivity index (χ0n) is 12.0. The van der Waals surface area contributed by atoms with Gasteiger partial charge in [-0.25, -0.2) is 0 Å². The standard InChI is InChI=1S/C17H17NO3/c1-17(2)9-12-13(7-8-15(20)16(12)21-17)18-10-11-5-3-4-6-14(11)19/h3-8,10,19-20H,9H2,1-2H3/b18-10+. The summed E-state index contributed by atoms with van der Waals surface area (Å²) in [5.41, 5.74) is 1.95. The number of benzene rings is 2. The maximum absolute atomic E-state index is 9.90. The Bertz CT molecular complexity index is 720. The summed E-state index contributed by atoms with van der Waals surface area (Å²) in [6.45, 7) is 3.95. The maximum atomic E-state index is 9.90. The molecule has 21 heavy (non-hydrogen) atoms. The number of fused-ring (bicyclic) bond motifs is 1. The van der Waals surface area contributed by atoms with Crippen LogP contribution in [0.15, 0.2) is 41.4 Å². The third-order valence-electron chi connectivity index (χ3n) is 3.48. The minimum Gasteiger partial charge on any atom is -0.507 e. The lowest BCUT2D eigenvalue weighted by molar-refractivity contribution is 0.134. The fourth-order valence-electron chi connectivity index (χ4n) is 2.48. The molecule has 1 aliphatic rings. The predicted molar refractivity (Wildman–Crippen MR) is 81.9 cm³/mol. The number of aromatic hydroxyl groups is 2. The highest BCUT2D eigenvalue weighted by atomic mass is 16.5. The van der Waals surface area contributed by atoms with E-state index in [4.69, 9.17) is 4.74 Å². The summed E-state index contributed by atoms with van der Waals surface area (Å²) < 4.78 is 5.77. The first-order valence-electron chi connectivity index (χ1n) is 6.82. The van der Waals surface area contributed by atoms with Gasteiger partial charge in [0.1, 0.15) is 11.4 Å². The second-order valence-electron chi connectivity index (χ2n) is 5.77. The number of nitrogens with zero attached hydrogens (tertiary/aromatic N) is 1. The molecule has 2 aromatic rings. The predicted octanol–water partition coefficient (Wildman–Crippen LogP) is 3.56. The smallest absolute Gasteiger partial charge is 0.167 e. The molecule has 1 heterocycles. The Morgan fingerprint density at radius 3 is 2.62 bits per heavy atom. The minimum atomic E-state index is -0.347. The first-order chi connectivity index (χ1) is 9.96. The molecule has 3 rings (SSSR count). The summed E-state index contributed by atoms with van der Waals surface area (Å²) >= 11 is 0. The topological polar surface area (TPSA) is 62.1 Å². The summed E-state index contributed by atoms with van der Waals surface area (Å²) in [6, 6.07) is 10.4. The molecule has 0 unspecified atom stereocenters. The zero-order chi connectivity index (χ0) is 15.0. The lowest BCUT2D eigenvalue weighted by Crippen LogP contribution is -2.24. The van der Waals surface area contributed by atoms with E-state index in [1.54, 1.807) is 36.5 Å². The van der Waals surface area contributed by atoms with Gasteiger partial charge < -0.3 is 14.9 Å². The Hall–Kier alpha value is -2.49. The lowest BCUT2D eigenvalue weighted by Gasteiger charge is -2.16. The normalized spacial score (nSPS) is 15.9. The van der Waals surface area contributed by atoms with Crippen molar-refractivity contribution in [2.45, 2.75) is 25.9 Å². The largest absolute Gasteiger partial charge is 0.507 e. The van der Waals surface area contributed by atoms with Gasteiger partial charge in [0.05, 0.1) is 5.69 Å². The van der Waals surface area contributed by atoms with E-state index < -0.39 is 0 Å². The van der Waals surface area contributed by atoms with Crippen LogP contribution in [0, 0.1) is 0 Å². The fourth-order valence-corrected chi connectivity index (χ4v) is 2.48. The molecule has 108 valence electrons. The molecule has 2 aromatic carbocycles. The van der Waals surface area contributed by atoms with Crippen molar-refractivity contribution < 1.29 is 14.9 Å². The molecular weight excluding hydrogens is 266 g/mol. The first kappa shape index (κ1) is 13.5. The van der Waals surface area contributed by atoms with Crippen molar-refractivity contribution >= 4 is 11.9 Å². The van der Waals surface area contributed by atoms with Crippen LogP contribution >= 0.6 is 0 Å². The average Bonchev–Trinajstić information content (AvgIpc) is 2.76. The molecule has 0 radical (unpaired) electrons. The van der Waals surface area contributed by atoms with Crippen LogP contribution in [0.5, 0.6) is 17.2 Å². The molecule has 4 nitrogen and oxygen atoms in total. The van der Waals surface area contributed by atoms with Gasteiger partial charge in [0.25, 0.3) is 0 Å². The van der Waals surface area contributed by atoms with Crippen molar-refractivity contribution in [1.29, 1.82) is 0 Å². The number of para-hydroxylation sites is 1. The molecule has 0 aromatic heterocycles. The number of phenols is 2. The van der Waals surface area contributed by atoms with E-state index in [1.807, 2.05) is 19.9 Å². The minimum absolute atomic E-state index is 0.136. The van der Waals surface area contributed by atoms with Gasteiger partial charge in [0.15, 0.2) is 11.5 Å². The molecule has 0 aliphatic carbocycles. The molecular formula is C17H17NO3. The number of hydrogen-bond donors (Lipinski definition) is 2. The van der Waals surface area contributed by atoms with Crippen LogP contribution in [0.25, 0.3) is 0 Å². The van der Waals surface area contributed by atoms with E-state index in [2.05, 4.69) is 4.99 Å². The van der Waals surface area contributed by atoms with Gasteiger partial charge in [-0.05, 0) is 38.1 Å². The molecule has 0 spiro atoms. The summed E-state index contributed by atoms with van der Waals surface area (Å²) in [5, 5.41) is 19.7. The van der Waals surface area contributed by atoms with Crippen molar-refractivity contribution in [2.75, 3.05) is 0 Å². The van der Waals surface area contributed by atoms with Crippen LogP contribution in [-0.2, 0) is 6.42 Å². The Morgan fingerprint density at radius 2 is 1.86 bits per heavy atom. The highest BCUT2D eigenvalue weighted by Crippen LogP contribution is 2.45. The summed E-state index contributed by atoms with van der Waals surface area (Å²) in [5.74, 6) is 0.831. The van der Waals surface area contributed by atoms with Gasteiger partial charge in [-0.15, -0.1) is 0 Å². The van der Waals surface area contributed by atoms with Crippen LogP contribution in [0.3, 0.4) is 0 Å². The maximum Gasteiger partial charge on any atom is 0.167 e. The van der Waals surface area contributed by atoms with Crippen molar-refractivity contribution in [1.82, 2.24) is 0 Å². The van der Waals surface area contributed by atoms with Crippen LogP contribution in [0.4, 0.5) is 5.69 Å².